The molecule has 0 unspecified atom stereocenters. The lowest BCUT2D eigenvalue weighted by Gasteiger charge is -2.30. The van der Waals surface area contributed by atoms with Crippen molar-refractivity contribution in [1.29, 1.82) is 0 Å². The van der Waals surface area contributed by atoms with E-state index in [1.54, 1.807) is 0 Å². The smallest absolute Gasteiger partial charge is 0.164 e. The van der Waals surface area contributed by atoms with Crippen LogP contribution in [0.3, 0.4) is 0 Å². The summed E-state index contributed by atoms with van der Waals surface area (Å²) in [5.74, 6) is 2.68. The molecular weight excluding hydrogens is 767 g/mol. The first kappa shape index (κ1) is 36.6. The summed E-state index contributed by atoms with van der Waals surface area (Å²) in [7, 11) is 0. The van der Waals surface area contributed by atoms with Gasteiger partial charge in [0.15, 0.2) is 17.5 Å². The number of benzene rings is 8. The van der Waals surface area contributed by atoms with Gasteiger partial charge in [0, 0.05) is 28.0 Å². The minimum absolute atomic E-state index is 0.529. The number of hydrogen-bond acceptors (Lipinski definition) is 5. The molecule has 0 amide bonds. The number of aromatic nitrogens is 3. The molecule has 296 valence electrons. The summed E-state index contributed by atoms with van der Waals surface area (Å²) in [4.78, 5) is 20.8. The van der Waals surface area contributed by atoms with Gasteiger partial charge in [-0.2, -0.15) is 0 Å². The first-order chi connectivity index (χ1) is 31.2. The zero-order chi connectivity index (χ0) is 41.7. The van der Waals surface area contributed by atoms with Crippen molar-refractivity contribution < 1.29 is 0 Å². The quantitative estimate of drug-likeness (QED) is 0.182. The summed E-state index contributed by atoms with van der Waals surface area (Å²) < 4.78 is 0. The fourth-order valence-electron chi connectivity index (χ4n) is 9.77. The minimum atomic E-state index is -0.529. The highest BCUT2D eigenvalue weighted by atomic mass is 15.0. The molecule has 1 aliphatic heterocycles. The van der Waals surface area contributed by atoms with Gasteiger partial charge >= 0.3 is 0 Å². The van der Waals surface area contributed by atoms with Gasteiger partial charge in [0.1, 0.15) is 5.84 Å². The highest BCUT2D eigenvalue weighted by molar-refractivity contribution is 6.08. The fourth-order valence-corrected chi connectivity index (χ4v) is 9.77. The molecule has 0 atom stereocenters. The molecular formula is C58H39N5. The van der Waals surface area contributed by atoms with Crippen molar-refractivity contribution in [2.75, 3.05) is 0 Å². The molecule has 1 N–H and O–H groups in total. The van der Waals surface area contributed by atoms with E-state index in [0.717, 1.165) is 68.2 Å². The zero-order valence-electron chi connectivity index (χ0n) is 34.3. The number of nitrogens with one attached hydrogen (secondary N) is 1. The number of allylic oxidation sites excluding steroid dienone is 2. The van der Waals surface area contributed by atoms with Crippen LogP contribution in [0, 0.1) is 0 Å². The number of aliphatic imine (C=N–C) groups is 1. The lowest BCUT2D eigenvalue weighted by atomic mass is 9.70. The Kier molecular flexibility index (Phi) is 8.71. The van der Waals surface area contributed by atoms with E-state index in [9.17, 15) is 0 Å². The van der Waals surface area contributed by atoms with Gasteiger partial charge in [-0.1, -0.05) is 206 Å². The third-order valence-corrected chi connectivity index (χ3v) is 12.6. The van der Waals surface area contributed by atoms with Crippen LogP contribution in [0.15, 0.2) is 223 Å². The Morgan fingerprint density at radius 2 is 0.778 bits per heavy atom. The molecule has 1 aromatic heterocycles. The SMILES string of the molecule is C1=C(c2ccccc2)N=C(c2ccc3c(c2)-c2cc(-c4nc(-c5ccccc5)nc(-c5ccccc5)n4)ccc2C32c3ccccc3-c3ccccc32)N/C(c2ccccc2)=C\C1. The Morgan fingerprint density at radius 3 is 1.33 bits per heavy atom. The Labute approximate surface area is 366 Å². The van der Waals surface area contributed by atoms with Crippen LogP contribution in [0.2, 0.25) is 0 Å². The number of hydrogen-bond donors (Lipinski definition) is 1. The molecule has 0 bridgehead atoms. The van der Waals surface area contributed by atoms with E-state index in [1.807, 2.05) is 42.5 Å². The maximum atomic E-state index is 5.44. The van der Waals surface area contributed by atoms with Crippen molar-refractivity contribution >= 4 is 17.2 Å². The third kappa shape index (κ3) is 6.08. The average molecular weight is 806 g/mol. The van der Waals surface area contributed by atoms with Crippen molar-refractivity contribution in [2.45, 2.75) is 11.8 Å². The number of nitrogens with zero attached hydrogens (tertiary/aromatic N) is 4. The molecule has 3 aliphatic rings. The molecule has 0 saturated heterocycles. The van der Waals surface area contributed by atoms with Crippen LogP contribution in [0.4, 0.5) is 0 Å². The van der Waals surface area contributed by atoms with Gasteiger partial charge in [0.2, 0.25) is 0 Å². The first-order valence-electron chi connectivity index (χ1n) is 21.5. The molecule has 5 heteroatoms. The van der Waals surface area contributed by atoms with E-state index >= 15 is 0 Å². The molecule has 8 aromatic carbocycles. The van der Waals surface area contributed by atoms with Gasteiger partial charge in [-0.3, -0.25) is 0 Å². The standard InChI is InChI=1S/C58H39N5/c1-5-18-38(19-6-1)52-30-17-31-53(39-20-7-2-8-21-39)60-56(59-52)42-32-34-50-46(36-42)47-37-43(33-35-51(47)58(50)48-28-15-13-26-44(48)45-27-14-16-29-49(45)58)57-62-54(40-22-9-3-10-23-40)61-55(63-57)41-24-11-4-12-25-41/h1-16,18-37H,17H2,(H,59,60)/b52-30-,53-31?. The van der Waals surface area contributed by atoms with Gasteiger partial charge in [0.25, 0.3) is 0 Å². The summed E-state index contributed by atoms with van der Waals surface area (Å²) in [5, 5.41) is 3.82. The summed E-state index contributed by atoms with van der Waals surface area (Å²) in [6.07, 6.45) is 5.22. The average Bonchev–Trinajstić information content (AvgIpc) is 3.81. The highest BCUT2D eigenvalue weighted by Crippen LogP contribution is 2.63. The number of rotatable bonds is 6. The summed E-state index contributed by atoms with van der Waals surface area (Å²) in [6, 6.07) is 72.8. The van der Waals surface area contributed by atoms with Crippen molar-refractivity contribution in [3.63, 3.8) is 0 Å². The van der Waals surface area contributed by atoms with Crippen molar-refractivity contribution in [3.8, 4) is 56.4 Å². The molecule has 0 radical (unpaired) electrons. The lowest BCUT2D eigenvalue weighted by molar-refractivity contribution is 0.793. The second kappa shape index (κ2) is 15.0. The van der Waals surface area contributed by atoms with Gasteiger partial charge in [0.05, 0.1) is 11.1 Å². The van der Waals surface area contributed by atoms with Crippen LogP contribution in [0.25, 0.3) is 67.8 Å². The van der Waals surface area contributed by atoms with Crippen LogP contribution in [0.1, 0.15) is 45.4 Å². The van der Waals surface area contributed by atoms with Gasteiger partial charge in [-0.25, -0.2) is 19.9 Å². The largest absolute Gasteiger partial charge is 0.339 e. The Morgan fingerprint density at radius 1 is 0.349 bits per heavy atom. The van der Waals surface area contributed by atoms with E-state index in [0.29, 0.717) is 17.5 Å². The van der Waals surface area contributed by atoms with Crippen LogP contribution >= 0.6 is 0 Å². The van der Waals surface area contributed by atoms with Crippen LogP contribution < -0.4 is 5.32 Å². The predicted octanol–water partition coefficient (Wildman–Crippen LogP) is 13.0. The molecule has 2 heterocycles. The lowest BCUT2D eigenvalue weighted by Crippen LogP contribution is -2.26. The van der Waals surface area contributed by atoms with Crippen LogP contribution in [-0.2, 0) is 5.41 Å². The van der Waals surface area contributed by atoms with Crippen molar-refractivity contribution in [1.82, 2.24) is 20.3 Å². The van der Waals surface area contributed by atoms with Crippen molar-refractivity contribution in [2.24, 2.45) is 4.99 Å². The molecule has 0 fully saturated rings. The normalized spacial score (nSPS) is 15.0. The summed E-state index contributed by atoms with van der Waals surface area (Å²) >= 11 is 0. The maximum Gasteiger partial charge on any atom is 0.164 e. The molecule has 2 aliphatic carbocycles. The van der Waals surface area contributed by atoms with Crippen molar-refractivity contribution in [3.05, 3.63) is 257 Å². The van der Waals surface area contributed by atoms with E-state index in [2.05, 4.69) is 181 Å². The predicted molar refractivity (Wildman–Crippen MR) is 256 cm³/mol. The molecule has 63 heavy (non-hydrogen) atoms. The van der Waals surface area contributed by atoms with Gasteiger partial charge in [-0.15, -0.1) is 0 Å². The zero-order valence-corrected chi connectivity index (χ0v) is 34.3. The topological polar surface area (TPSA) is 63.1 Å². The number of fused-ring (bicyclic) bond motifs is 10. The Bertz CT molecular complexity index is 3210. The van der Waals surface area contributed by atoms with E-state index in [-0.39, 0.29) is 0 Å². The van der Waals surface area contributed by atoms with E-state index in [4.69, 9.17) is 19.9 Å². The monoisotopic (exact) mass is 805 g/mol. The second-order valence-corrected chi connectivity index (χ2v) is 16.2. The molecule has 12 rings (SSSR count). The van der Waals surface area contributed by atoms with Crippen LogP contribution in [-0.4, -0.2) is 20.8 Å². The maximum absolute atomic E-state index is 5.44. The van der Waals surface area contributed by atoms with E-state index < -0.39 is 5.41 Å². The molecule has 5 nitrogen and oxygen atoms in total. The molecule has 9 aromatic rings. The van der Waals surface area contributed by atoms with Gasteiger partial charge in [-0.05, 0) is 74.2 Å². The fraction of sp³-hybridized carbons (Fsp3) is 0.0345. The second-order valence-electron chi connectivity index (χ2n) is 16.2. The van der Waals surface area contributed by atoms with Gasteiger partial charge < -0.3 is 5.32 Å². The first-order valence-corrected chi connectivity index (χ1v) is 21.5. The molecule has 1 spiro atoms. The summed E-state index contributed by atoms with van der Waals surface area (Å²) in [5.41, 5.74) is 17.3. The molecule has 0 saturated carbocycles. The minimum Gasteiger partial charge on any atom is -0.339 e. The third-order valence-electron chi connectivity index (χ3n) is 12.6. The Balaban J connectivity index is 1.09. The van der Waals surface area contributed by atoms with E-state index in [1.165, 1.54) is 33.4 Å². The summed E-state index contributed by atoms with van der Waals surface area (Å²) in [6.45, 7) is 0. The highest BCUT2D eigenvalue weighted by Gasteiger charge is 2.51. The van der Waals surface area contributed by atoms with Crippen LogP contribution in [0.5, 0.6) is 0 Å². The Hall–Kier alpha value is -8.28. The number of amidine groups is 1.